The Bertz CT molecular complexity index is 1450. The number of amidine groups is 1. The number of ketones is 1. The molecular formula is C28H25N3O4. The van der Waals surface area contributed by atoms with Crippen molar-refractivity contribution in [3.05, 3.63) is 101 Å². The lowest BCUT2D eigenvalue weighted by Gasteiger charge is -2.15. The van der Waals surface area contributed by atoms with Crippen LogP contribution < -0.4 is 16.2 Å². The average Bonchev–Trinajstić information content (AvgIpc) is 2.84. The monoisotopic (exact) mass is 467 g/mol. The van der Waals surface area contributed by atoms with E-state index in [-0.39, 0.29) is 46.5 Å². The molecule has 0 heterocycles. The van der Waals surface area contributed by atoms with Gasteiger partial charge >= 0.3 is 5.97 Å². The Labute approximate surface area is 202 Å². The largest absolute Gasteiger partial charge is 0.478 e. The highest BCUT2D eigenvalue weighted by atomic mass is 16.5. The van der Waals surface area contributed by atoms with Crippen LogP contribution in [-0.4, -0.2) is 22.7 Å². The molecule has 0 aliphatic carbocycles. The molecule has 4 rings (SSSR count). The number of carboxylic acid groups (broad SMARTS) is 1. The van der Waals surface area contributed by atoms with E-state index in [1.807, 2.05) is 37.3 Å². The Morgan fingerprint density at radius 2 is 1.63 bits per heavy atom. The predicted octanol–water partition coefficient (Wildman–Crippen LogP) is 5.57. The second kappa shape index (κ2) is 9.69. The van der Waals surface area contributed by atoms with Crippen LogP contribution in [0.1, 0.15) is 51.1 Å². The molecule has 1 atom stereocenters. The van der Waals surface area contributed by atoms with Crippen LogP contribution in [0.3, 0.4) is 0 Å². The molecule has 0 amide bonds. The minimum absolute atomic E-state index is 0.0233. The summed E-state index contributed by atoms with van der Waals surface area (Å²) >= 11 is 0. The normalized spacial score (nSPS) is 11.7. The van der Waals surface area contributed by atoms with E-state index in [2.05, 4.69) is 0 Å². The molecule has 7 heteroatoms. The second-order valence-electron chi connectivity index (χ2n) is 8.43. The van der Waals surface area contributed by atoms with E-state index in [1.54, 1.807) is 36.4 Å². The SMILES string of the molecule is CC(CC(=O)c1cc(N)c(Oc2ccc3cc(C(=N)N)ccc3c2)c(C(=O)O)c1)c1ccccc1. The van der Waals surface area contributed by atoms with E-state index in [0.717, 1.165) is 16.3 Å². The number of carbonyl (C=O) groups is 2. The number of carbonyl (C=O) groups excluding carboxylic acids is 1. The molecule has 0 saturated heterocycles. The lowest BCUT2D eigenvalue weighted by Crippen LogP contribution is -2.10. The molecule has 0 aromatic heterocycles. The zero-order chi connectivity index (χ0) is 25.1. The zero-order valence-electron chi connectivity index (χ0n) is 19.1. The summed E-state index contributed by atoms with van der Waals surface area (Å²) < 4.78 is 5.89. The Hall–Kier alpha value is -4.65. The van der Waals surface area contributed by atoms with Gasteiger partial charge in [0, 0.05) is 17.5 Å². The lowest BCUT2D eigenvalue weighted by atomic mass is 9.92. The minimum Gasteiger partial charge on any atom is -0.478 e. The van der Waals surface area contributed by atoms with E-state index in [4.69, 9.17) is 21.6 Å². The number of nitrogen functional groups attached to an aromatic ring is 2. The van der Waals surface area contributed by atoms with Gasteiger partial charge < -0.3 is 21.3 Å². The molecule has 4 aromatic carbocycles. The first-order valence-corrected chi connectivity index (χ1v) is 11.0. The Balaban J connectivity index is 1.62. The van der Waals surface area contributed by atoms with Crippen molar-refractivity contribution in [2.24, 2.45) is 5.73 Å². The number of nitrogens with one attached hydrogen (secondary N) is 1. The van der Waals surface area contributed by atoms with Gasteiger partial charge in [-0.3, -0.25) is 10.2 Å². The van der Waals surface area contributed by atoms with Crippen LogP contribution in [0.2, 0.25) is 0 Å². The third-order valence-electron chi connectivity index (χ3n) is 5.87. The minimum atomic E-state index is -1.25. The molecule has 0 aliphatic rings. The van der Waals surface area contributed by atoms with E-state index in [1.165, 1.54) is 12.1 Å². The van der Waals surface area contributed by atoms with Gasteiger partial charge in [0.1, 0.15) is 17.1 Å². The van der Waals surface area contributed by atoms with Gasteiger partial charge in [0.05, 0.1) is 5.69 Å². The highest BCUT2D eigenvalue weighted by molar-refractivity contribution is 6.02. The summed E-state index contributed by atoms with van der Waals surface area (Å²) in [4.78, 5) is 25.0. The maximum Gasteiger partial charge on any atom is 0.339 e. The van der Waals surface area contributed by atoms with Gasteiger partial charge in [-0.15, -0.1) is 0 Å². The predicted molar refractivity (Wildman–Crippen MR) is 137 cm³/mol. The smallest absolute Gasteiger partial charge is 0.339 e. The molecule has 0 bridgehead atoms. The molecular weight excluding hydrogens is 442 g/mol. The fourth-order valence-electron chi connectivity index (χ4n) is 3.95. The first-order chi connectivity index (χ1) is 16.7. The summed E-state index contributed by atoms with van der Waals surface area (Å²) in [6, 6.07) is 22.9. The van der Waals surface area contributed by atoms with Gasteiger partial charge in [-0.2, -0.15) is 0 Å². The van der Waals surface area contributed by atoms with Crippen molar-refractivity contribution in [3.8, 4) is 11.5 Å². The molecule has 0 saturated carbocycles. The van der Waals surface area contributed by atoms with Crippen molar-refractivity contribution in [2.45, 2.75) is 19.3 Å². The fraction of sp³-hybridized carbons (Fsp3) is 0.107. The Kier molecular flexibility index (Phi) is 6.51. The molecule has 6 N–H and O–H groups in total. The third-order valence-corrected chi connectivity index (χ3v) is 5.87. The van der Waals surface area contributed by atoms with Crippen molar-refractivity contribution in [1.82, 2.24) is 0 Å². The summed E-state index contributed by atoms with van der Waals surface area (Å²) in [5.74, 6) is -1.14. The average molecular weight is 468 g/mol. The van der Waals surface area contributed by atoms with Gasteiger partial charge in [0.25, 0.3) is 0 Å². The summed E-state index contributed by atoms with van der Waals surface area (Å²) in [6.45, 7) is 1.95. The van der Waals surface area contributed by atoms with E-state index in [0.29, 0.717) is 11.3 Å². The topological polar surface area (TPSA) is 139 Å². The maximum absolute atomic E-state index is 12.9. The van der Waals surface area contributed by atoms with Gasteiger partial charge in [-0.05, 0) is 52.6 Å². The number of hydrogen-bond acceptors (Lipinski definition) is 5. The number of hydrogen-bond donors (Lipinski definition) is 4. The first kappa shape index (κ1) is 23.5. The fourth-order valence-corrected chi connectivity index (χ4v) is 3.95. The number of benzene rings is 4. The number of Topliss-reactive ketones (excluding diaryl/α,β-unsaturated/α-hetero) is 1. The van der Waals surface area contributed by atoms with Crippen LogP contribution in [0.15, 0.2) is 78.9 Å². The van der Waals surface area contributed by atoms with E-state index < -0.39 is 5.97 Å². The number of aromatic carboxylic acids is 1. The Morgan fingerprint density at radius 1 is 0.943 bits per heavy atom. The van der Waals surface area contributed by atoms with Crippen LogP contribution >= 0.6 is 0 Å². The standard InChI is InChI=1S/C28H25N3O4/c1-16(17-5-3-2-4-6-17)11-25(32)21-14-23(28(33)34)26(24(29)15-21)35-22-10-9-18-12-20(27(30)31)8-7-19(18)13-22/h2-10,12-16H,11,29H2,1H3,(H3,30,31)(H,33,34). The maximum atomic E-state index is 12.9. The molecule has 0 radical (unpaired) electrons. The van der Waals surface area contributed by atoms with Crippen molar-refractivity contribution < 1.29 is 19.4 Å². The molecule has 4 aromatic rings. The van der Waals surface area contributed by atoms with Gasteiger partial charge in [-0.25, -0.2) is 4.79 Å². The van der Waals surface area contributed by atoms with Crippen molar-refractivity contribution in [2.75, 3.05) is 5.73 Å². The molecule has 0 spiro atoms. The summed E-state index contributed by atoms with van der Waals surface area (Å²) in [7, 11) is 0. The van der Waals surface area contributed by atoms with Crippen LogP contribution in [0.4, 0.5) is 5.69 Å². The van der Waals surface area contributed by atoms with Crippen LogP contribution in [0, 0.1) is 5.41 Å². The van der Waals surface area contributed by atoms with E-state index >= 15 is 0 Å². The van der Waals surface area contributed by atoms with Crippen molar-refractivity contribution in [1.29, 1.82) is 5.41 Å². The zero-order valence-corrected chi connectivity index (χ0v) is 19.1. The number of ether oxygens (including phenoxy) is 1. The van der Waals surface area contributed by atoms with Crippen LogP contribution in [-0.2, 0) is 0 Å². The molecule has 1 unspecified atom stereocenters. The molecule has 0 fully saturated rings. The highest BCUT2D eigenvalue weighted by Gasteiger charge is 2.21. The van der Waals surface area contributed by atoms with E-state index in [9.17, 15) is 14.7 Å². The van der Waals surface area contributed by atoms with Gasteiger partial charge in [0.15, 0.2) is 11.5 Å². The highest BCUT2D eigenvalue weighted by Crippen LogP contribution is 2.35. The number of rotatable bonds is 8. The number of carboxylic acids is 1. The third kappa shape index (κ3) is 5.14. The van der Waals surface area contributed by atoms with Crippen LogP contribution in [0.25, 0.3) is 10.8 Å². The van der Waals surface area contributed by atoms with Crippen molar-refractivity contribution >= 4 is 34.0 Å². The van der Waals surface area contributed by atoms with Gasteiger partial charge in [0.2, 0.25) is 0 Å². The quantitative estimate of drug-likeness (QED) is 0.116. The molecule has 176 valence electrons. The molecule has 7 nitrogen and oxygen atoms in total. The number of nitrogens with two attached hydrogens (primary N) is 2. The summed E-state index contributed by atoms with van der Waals surface area (Å²) in [5, 5.41) is 19.1. The van der Waals surface area contributed by atoms with Crippen LogP contribution in [0.5, 0.6) is 11.5 Å². The number of anilines is 1. The van der Waals surface area contributed by atoms with Gasteiger partial charge in [-0.1, -0.05) is 55.5 Å². The summed E-state index contributed by atoms with van der Waals surface area (Å²) in [5.41, 5.74) is 13.5. The first-order valence-electron chi connectivity index (χ1n) is 11.0. The summed E-state index contributed by atoms with van der Waals surface area (Å²) in [6.07, 6.45) is 0.218. The molecule has 35 heavy (non-hydrogen) atoms. The number of fused-ring (bicyclic) bond motifs is 1. The molecule has 0 aliphatic heterocycles. The second-order valence-corrected chi connectivity index (χ2v) is 8.43. The lowest BCUT2D eigenvalue weighted by molar-refractivity contribution is 0.0694. The van der Waals surface area contributed by atoms with Crippen molar-refractivity contribution in [3.63, 3.8) is 0 Å². The Morgan fingerprint density at radius 3 is 2.31 bits per heavy atom.